The van der Waals surface area contributed by atoms with Gasteiger partial charge in [-0.05, 0) is 31.6 Å². The molecule has 0 fully saturated rings. The Bertz CT molecular complexity index is 1650. The third-order valence-corrected chi connectivity index (χ3v) is 17.2. The minimum absolute atomic E-state index is 0.105. The average molecular weight is 1260 g/mol. The Morgan fingerprint density at radius 1 is 0.318 bits per heavy atom. The van der Waals surface area contributed by atoms with E-state index >= 15 is 0 Å². The molecule has 0 amide bonds. The maximum absolute atomic E-state index is 13.0. The standard InChI is InChI=1S/C66H128O17P2/c1-6-9-12-15-17-19-20-21-25-28-32-35-40-45-50-64(69)77-56-62(83-66(71)52-47-42-37-33-29-26-23-22-24-27-31-34-39-43-48-59(4)5)58-81-85(74,75)79-54-60(67)53-78-84(72,73)80-57-61(55-76-63(68)49-44-38-14-11-8-3)82-65(70)51-46-41-36-30-18-16-13-10-7-2/h59-62,67H,6-58H2,1-5H3,(H,72,73)(H,74,75)/t60-,61+,62+/m0/s1. The highest BCUT2D eigenvalue weighted by Crippen LogP contribution is 2.45. The van der Waals surface area contributed by atoms with E-state index in [-0.39, 0.29) is 25.7 Å². The molecule has 0 heterocycles. The highest BCUT2D eigenvalue weighted by atomic mass is 31.2. The van der Waals surface area contributed by atoms with Crippen molar-refractivity contribution in [3.63, 3.8) is 0 Å². The van der Waals surface area contributed by atoms with Gasteiger partial charge in [0.2, 0.25) is 0 Å². The molecule has 0 aromatic rings. The van der Waals surface area contributed by atoms with Gasteiger partial charge in [-0.25, -0.2) is 9.13 Å². The van der Waals surface area contributed by atoms with Crippen molar-refractivity contribution in [1.29, 1.82) is 0 Å². The predicted octanol–water partition coefficient (Wildman–Crippen LogP) is 18.6. The van der Waals surface area contributed by atoms with E-state index in [2.05, 4.69) is 34.6 Å². The molecule has 0 saturated carbocycles. The smallest absolute Gasteiger partial charge is 0.462 e. The highest BCUT2D eigenvalue weighted by molar-refractivity contribution is 7.47. The number of esters is 4. The van der Waals surface area contributed by atoms with Gasteiger partial charge in [0.1, 0.15) is 19.3 Å². The van der Waals surface area contributed by atoms with Crippen LogP contribution in [0.2, 0.25) is 0 Å². The summed E-state index contributed by atoms with van der Waals surface area (Å²) in [5.74, 6) is -1.34. The summed E-state index contributed by atoms with van der Waals surface area (Å²) >= 11 is 0. The molecular formula is C66H128O17P2. The molecule has 504 valence electrons. The van der Waals surface area contributed by atoms with E-state index in [1.165, 1.54) is 154 Å². The predicted molar refractivity (Wildman–Crippen MR) is 340 cm³/mol. The van der Waals surface area contributed by atoms with E-state index in [9.17, 15) is 43.2 Å². The van der Waals surface area contributed by atoms with Crippen LogP contribution in [0.5, 0.6) is 0 Å². The second-order valence-corrected chi connectivity index (χ2v) is 27.2. The number of carbonyl (C=O) groups is 4. The Kier molecular flexibility index (Phi) is 58.3. The molecule has 0 aliphatic rings. The summed E-state index contributed by atoms with van der Waals surface area (Å²) in [5, 5.41) is 10.5. The van der Waals surface area contributed by atoms with E-state index in [0.717, 1.165) is 102 Å². The van der Waals surface area contributed by atoms with Gasteiger partial charge in [-0.2, -0.15) is 0 Å². The number of hydrogen-bond donors (Lipinski definition) is 3. The minimum atomic E-state index is -4.95. The number of phosphoric acid groups is 2. The van der Waals surface area contributed by atoms with Crippen molar-refractivity contribution in [3.05, 3.63) is 0 Å². The van der Waals surface area contributed by atoms with Crippen LogP contribution in [0.15, 0.2) is 0 Å². The summed E-state index contributed by atoms with van der Waals surface area (Å²) in [7, 11) is -9.88. The quantitative estimate of drug-likeness (QED) is 0.0222. The van der Waals surface area contributed by atoms with Crippen LogP contribution in [0.3, 0.4) is 0 Å². The topological polar surface area (TPSA) is 237 Å². The van der Waals surface area contributed by atoms with Gasteiger partial charge in [0, 0.05) is 25.7 Å². The van der Waals surface area contributed by atoms with E-state index in [1.54, 1.807) is 0 Å². The highest BCUT2D eigenvalue weighted by Gasteiger charge is 2.30. The molecule has 0 aliphatic heterocycles. The normalized spacial score (nSPS) is 14.2. The third kappa shape index (κ3) is 60.7. The third-order valence-electron chi connectivity index (χ3n) is 15.3. The van der Waals surface area contributed by atoms with Gasteiger partial charge in [0.05, 0.1) is 26.4 Å². The fourth-order valence-corrected chi connectivity index (χ4v) is 11.5. The van der Waals surface area contributed by atoms with Crippen molar-refractivity contribution >= 4 is 39.5 Å². The maximum atomic E-state index is 13.0. The van der Waals surface area contributed by atoms with Crippen molar-refractivity contribution in [2.45, 2.75) is 355 Å². The zero-order valence-electron chi connectivity index (χ0n) is 54.7. The Morgan fingerprint density at radius 3 is 0.800 bits per heavy atom. The molecule has 0 aromatic heterocycles. The fourth-order valence-electron chi connectivity index (χ4n) is 9.94. The number of hydrogen-bond acceptors (Lipinski definition) is 15. The first-order chi connectivity index (χ1) is 41.0. The van der Waals surface area contributed by atoms with Gasteiger partial charge < -0.3 is 33.8 Å². The molecule has 0 saturated heterocycles. The molecule has 3 N–H and O–H groups in total. The molecule has 0 radical (unpaired) electrons. The zero-order chi connectivity index (χ0) is 62.8. The molecule has 2 unspecified atom stereocenters. The largest absolute Gasteiger partial charge is 0.472 e. The lowest BCUT2D eigenvalue weighted by molar-refractivity contribution is -0.161. The van der Waals surface area contributed by atoms with Crippen LogP contribution < -0.4 is 0 Å². The summed E-state index contributed by atoms with van der Waals surface area (Å²) in [6, 6.07) is 0. The molecule has 0 aliphatic carbocycles. The molecule has 17 nitrogen and oxygen atoms in total. The Balaban J connectivity index is 5.15. The fraction of sp³-hybridized carbons (Fsp3) is 0.939. The molecule has 5 atom stereocenters. The van der Waals surface area contributed by atoms with Crippen LogP contribution in [0.1, 0.15) is 336 Å². The van der Waals surface area contributed by atoms with Crippen molar-refractivity contribution in [2.75, 3.05) is 39.6 Å². The number of rotatable bonds is 66. The van der Waals surface area contributed by atoms with Gasteiger partial charge in [0.15, 0.2) is 12.2 Å². The van der Waals surface area contributed by atoms with E-state index < -0.39 is 97.5 Å². The molecule has 85 heavy (non-hydrogen) atoms. The molecule has 0 spiro atoms. The molecule has 0 rings (SSSR count). The minimum Gasteiger partial charge on any atom is -0.462 e. The maximum Gasteiger partial charge on any atom is 0.472 e. The first kappa shape index (κ1) is 83.1. The second-order valence-electron chi connectivity index (χ2n) is 24.3. The lowest BCUT2D eigenvalue weighted by Crippen LogP contribution is -2.30. The Hall–Kier alpha value is -1.94. The second kappa shape index (κ2) is 59.7. The summed E-state index contributed by atoms with van der Waals surface area (Å²) in [5.41, 5.74) is 0. The van der Waals surface area contributed by atoms with Crippen molar-refractivity contribution < 1.29 is 80.2 Å². The number of ether oxygens (including phenoxy) is 4. The van der Waals surface area contributed by atoms with Crippen molar-refractivity contribution in [2.24, 2.45) is 5.92 Å². The summed E-state index contributed by atoms with van der Waals surface area (Å²) < 4.78 is 67.9. The molecule has 0 aromatic carbocycles. The van der Waals surface area contributed by atoms with Crippen LogP contribution in [0.25, 0.3) is 0 Å². The molecule has 19 heteroatoms. The van der Waals surface area contributed by atoms with Crippen molar-refractivity contribution in [3.8, 4) is 0 Å². The van der Waals surface area contributed by atoms with Gasteiger partial charge >= 0.3 is 39.5 Å². The molecule has 0 bridgehead atoms. The van der Waals surface area contributed by atoms with Gasteiger partial charge in [-0.15, -0.1) is 0 Å². The lowest BCUT2D eigenvalue weighted by Gasteiger charge is -2.21. The number of aliphatic hydroxyl groups excluding tert-OH is 1. The van der Waals surface area contributed by atoms with E-state index in [4.69, 9.17) is 37.0 Å². The van der Waals surface area contributed by atoms with Crippen LogP contribution >= 0.6 is 15.6 Å². The number of carbonyl (C=O) groups excluding carboxylic acids is 4. The van der Waals surface area contributed by atoms with Crippen LogP contribution in [0, 0.1) is 5.92 Å². The monoisotopic (exact) mass is 1250 g/mol. The van der Waals surface area contributed by atoms with E-state index in [0.29, 0.717) is 25.7 Å². The SMILES string of the molecule is CCCCCCCCCCCCCCCCC(=O)OC[C@H](COP(=O)(O)OC[C@@H](O)COP(=O)(O)OC[C@@H](COC(=O)CCCCCCC)OC(=O)CCCCCCCCCCC)OC(=O)CCCCCCCCCCCCCCCCC(C)C. The number of aliphatic hydroxyl groups is 1. The first-order valence-corrected chi connectivity index (χ1v) is 37.6. The van der Waals surface area contributed by atoms with Crippen LogP contribution in [-0.2, 0) is 65.4 Å². The van der Waals surface area contributed by atoms with Gasteiger partial charge in [0.25, 0.3) is 0 Å². The van der Waals surface area contributed by atoms with Crippen molar-refractivity contribution in [1.82, 2.24) is 0 Å². The van der Waals surface area contributed by atoms with Gasteiger partial charge in [-0.3, -0.25) is 37.3 Å². The lowest BCUT2D eigenvalue weighted by atomic mass is 10.0. The first-order valence-electron chi connectivity index (χ1n) is 34.6. The average Bonchev–Trinajstić information content (AvgIpc) is 3.57. The molecular weight excluding hydrogens is 1130 g/mol. The zero-order valence-corrected chi connectivity index (χ0v) is 56.5. The number of phosphoric ester groups is 2. The summed E-state index contributed by atoms with van der Waals surface area (Å²) in [6.45, 7) is 7.14. The van der Waals surface area contributed by atoms with Crippen LogP contribution in [0.4, 0.5) is 0 Å². The summed E-state index contributed by atoms with van der Waals surface area (Å²) in [6.07, 6.45) is 44.8. The van der Waals surface area contributed by atoms with Crippen LogP contribution in [-0.4, -0.2) is 96.7 Å². The van der Waals surface area contributed by atoms with E-state index in [1.807, 2.05) is 0 Å². The Morgan fingerprint density at radius 2 is 0.541 bits per heavy atom. The van der Waals surface area contributed by atoms with Gasteiger partial charge in [-0.1, -0.05) is 285 Å². The number of unbranched alkanes of at least 4 members (excludes halogenated alkanes) is 38. The Labute approximate surface area is 517 Å². The summed E-state index contributed by atoms with van der Waals surface area (Å²) in [4.78, 5) is 72.0.